The van der Waals surface area contributed by atoms with Crippen molar-refractivity contribution in [2.24, 2.45) is 0 Å². The summed E-state index contributed by atoms with van der Waals surface area (Å²) in [5, 5.41) is 3.46. The van der Waals surface area contributed by atoms with Crippen LogP contribution in [0.5, 0.6) is 5.75 Å². The fourth-order valence-corrected chi connectivity index (χ4v) is 7.71. The van der Waals surface area contributed by atoms with Crippen LogP contribution in [0.3, 0.4) is 0 Å². The van der Waals surface area contributed by atoms with Gasteiger partial charge in [0.1, 0.15) is 16.6 Å². The largest absolute Gasteiger partial charge is 0.490 e. The van der Waals surface area contributed by atoms with Crippen LogP contribution < -0.4 is 10.1 Å². The van der Waals surface area contributed by atoms with E-state index in [-0.39, 0.29) is 18.4 Å². The molecule has 2 aliphatic heterocycles. The molecule has 1 aromatic heterocycles. The van der Waals surface area contributed by atoms with Crippen LogP contribution in [0.25, 0.3) is 6.08 Å². The standard InChI is InChI=1S/C31H32N4O3S3/c36-28(33-30-32-25-15-16-34(19-27(25)40-30)18-22-7-3-1-4-8-22)20-35-29(37)26(41-31(35)39)17-21-11-13-24(14-12-21)38-23-9-5-2-6-10-23/h1,3-4,7-8,11-14,17,23H,2,5-6,9-10,15-16,18-20H2,(H,32,33,36)/b26-17-. The van der Waals surface area contributed by atoms with Gasteiger partial charge in [-0.05, 0) is 55.0 Å². The maximum absolute atomic E-state index is 13.1. The molecule has 3 heterocycles. The number of nitrogens with zero attached hydrogens (tertiary/aromatic N) is 3. The quantitative estimate of drug-likeness (QED) is 0.241. The first-order valence-corrected chi connectivity index (χ1v) is 16.1. The maximum Gasteiger partial charge on any atom is 0.266 e. The van der Waals surface area contributed by atoms with Gasteiger partial charge in [0, 0.05) is 30.9 Å². The van der Waals surface area contributed by atoms with E-state index in [0.29, 0.717) is 20.5 Å². The molecule has 0 atom stereocenters. The molecular formula is C31H32N4O3S3. The van der Waals surface area contributed by atoms with Crippen molar-refractivity contribution in [1.82, 2.24) is 14.8 Å². The van der Waals surface area contributed by atoms with Crippen molar-refractivity contribution >= 4 is 62.7 Å². The Bertz CT molecular complexity index is 1450. The average molecular weight is 605 g/mol. The highest BCUT2D eigenvalue weighted by molar-refractivity contribution is 8.26. The number of carbonyl (C=O) groups excluding carboxylic acids is 2. The summed E-state index contributed by atoms with van der Waals surface area (Å²) in [6.45, 7) is 2.49. The lowest BCUT2D eigenvalue weighted by Crippen LogP contribution is -2.36. The number of fused-ring (bicyclic) bond motifs is 1. The summed E-state index contributed by atoms with van der Waals surface area (Å²) in [7, 11) is 0. The van der Waals surface area contributed by atoms with Crippen LogP contribution in [0, 0.1) is 0 Å². The molecule has 2 amide bonds. The summed E-state index contributed by atoms with van der Waals surface area (Å²) in [5.41, 5.74) is 3.21. The molecule has 6 rings (SSSR count). The van der Waals surface area contributed by atoms with E-state index in [4.69, 9.17) is 17.0 Å². The predicted octanol–water partition coefficient (Wildman–Crippen LogP) is 6.25. The Balaban J connectivity index is 1.03. The zero-order chi connectivity index (χ0) is 28.2. The first kappa shape index (κ1) is 28.1. The number of thioether (sulfide) groups is 1. The van der Waals surface area contributed by atoms with E-state index in [1.54, 1.807) is 0 Å². The number of thiazole rings is 1. The summed E-state index contributed by atoms with van der Waals surface area (Å²) in [4.78, 5) is 36.1. The van der Waals surface area contributed by atoms with Gasteiger partial charge in [0.2, 0.25) is 5.91 Å². The summed E-state index contributed by atoms with van der Waals surface area (Å²) in [5.74, 6) is 0.290. The molecule has 0 bridgehead atoms. The number of thiocarbonyl (C=S) groups is 1. The first-order valence-electron chi connectivity index (χ1n) is 14.1. The number of aromatic nitrogens is 1. The summed E-state index contributed by atoms with van der Waals surface area (Å²) >= 11 is 8.18. The number of anilines is 1. The van der Waals surface area contributed by atoms with E-state index in [9.17, 15) is 9.59 Å². The van der Waals surface area contributed by atoms with Crippen molar-refractivity contribution in [2.75, 3.05) is 18.4 Å². The molecule has 1 saturated heterocycles. The second-order valence-corrected chi connectivity index (χ2v) is 13.4. The lowest BCUT2D eigenvalue weighted by Gasteiger charge is -2.25. The van der Waals surface area contributed by atoms with Crippen LogP contribution in [-0.2, 0) is 29.1 Å². The molecular weight excluding hydrogens is 573 g/mol. The monoisotopic (exact) mass is 604 g/mol. The lowest BCUT2D eigenvalue weighted by molar-refractivity contribution is -0.126. The van der Waals surface area contributed by atoms with Crippen LogP contribution >= 0.6 is 35.3 Å². The Kier molecular flexibility index (Phi) is 8.81. The zero-order valence-electron chi connectivity index (χ0n) is 22.7. The van der Waals surface area contributed by atoms with Crippen molar-refractivity contribution in [2.45, 2.75) is 57.7 Å². The van der Waals surface area contributed by atoms with E-state index in [1.807, 2.05) is 36.4 Å². The van der Waals surface area contributed by atoms with Crippen molar-refractivity contribution in [1.29, 1.82) is 0 Å². The number of benzene rings is 2. The molecule has 2 fully saturated rings. The summed E-state index contributed by atoms with van der Waals surface area (Å²) in [6.07, 6.45) is 8.91. The van der Waals surface area contributed by atoms with E-state index >= 15 is 0 Å². The Morgan fingerprint density at radius 2 is 1.88 bits per heavy atom. The minimum Gasteiger partial charge on any atom is -0.490 e. The molecule has 0 radical (unpaired) electrons. The minimum atomic E-state index is -0.306. The first-order chi connectivity index (χ1) is 20.0. The van der Waals surface area contributed by atoms with Crippen LogP contribution in [-0.4, -0.2) is 50.1 Å². The van der Waals surface area contributed by atoms with Gasteiger partial charge in [0.05, 0.1) is 16.7 Å². The van der Waals surface area contributed by atoms with E-state index in [1.165, 1.54) is 57.7 Å². The average Bonchev–Trinajstić information content (AvgIpc) is 3.49. The summed E-state index contributed by atoms with van der Waals surface area (Å²) in [6, 6.07) is 18.2. The number of ether oxygens (including phenoxy) is 1. The van der Waals surface area contributed by atoms with Gasteiger partial charge in [-0.3, -0.25) is 19.4 Å². The highest BCUT2D eigenvalue weighted by Crippen LogP contribution is 2.34. The highest BCUT2D eigenvalue weighted by atomic mass is 32.2. The van der Waals surface area contributed by atoms with Gasteiger partial charge in [-0.15, -0.1) is 11.3 Å². The SMILES string of the molecule is O=C(CN1C(=O)/C(=C/c2ccc(OC3CCCCC3)cc2)SC1=S)Nc1nc2c(s1)CN(Cc1ccccc1)CC2. The number of hydrogen-bond donors (Lipinski definition) is 1. The molecule has 0 unspecified atom stereocenters. The smallest absolute Gasteiger partial charge is 0.266 e. The second kappa shape index (κ2) is 12.9. The maximum atomic E-state index is 13.1. The normalized spacial score (nSPS) is 19.0. The Labute approximate surface area is 254 Å². The molecule has 3 aromatic rings. The van der Waals surface area contributed by atoms with Crippen molar-refractivity contribution in [3.05, 3.63) is 81.2 Å². The molecule has 1 N–H and O–H groups in total. The molecule has 1 aliphatic carbocycles. The topological polar surface area (TPSA) is 74.8 Å². The van der Waals surface area contributed by atoms with Gasteiger partial charge in [-0.25, -0.2) is 4.98 Å². The van der Waals surface area contributed by atoms with E-state index in [0.717, 1.165) is 55.9 Å². The van der Waals surface area contributed by atoms with Gasteiger partial charge in [-0.2, -0.15) is 0 Å². The molecule has 0 spiro atoms. The van der Waals surface area contributed by atoms with Gasteiger partial charge >= 0.3 is 0 Å². The predicted molar refractivity (Wildman–Crippen MR) is 169 cm³/mol. The number of nitrogens with one attached hydrogen (secondary N) is 1. The van der Waals surface area contributed by atoms with Crippen LogP contribution in [0.15, 0.2) is 59.5 Å². The third-order valence-electron chi connectivity index (χ3n) is 7.51. The zero-order valence-corrected chi connectivity index (χ0v) is 25.2. The second-order valence-electron chi connectivity index (χ2n) is 10.6. The molecule has 41 heavy (non-hydrogen) atoms. The number of rotatable bonds is 8. The van der Waals surface area contributed by atoms with Gasteiger partial charge in [0.15, 0.2) is 5.13 Å². The Morgan fingerprint density at radius 3 is 2.66 bits per heavy atom. The van der Waals surface area contributed by atoms with E-state index in [2.05, 4.69) is 39.5 Å². The number of hydrogen-bond acceptors (Lipinski definition) is 8. The minimum absolute atomic E-state index is 0.138. The summed E-state index contributed by atoms with van der Waals surface area (Å²) < 4.78 is 6.49. The van der Waals surface area contributed by atoms with Gasteiger partial charge in [-0.1, -0.05) is 72.9 Å². The molecule has 1 saturated carbocycles. The van der Waals surface area contributed by atoms with Crippen molar-refractivity contribution in [3.63, 3.8) is 0 Å². The highest BCUT2D eigenvalue weighted by Gasteiger charge is 2.33. The van der Waals surface area contributed by atoms with Crippen molar-refractivity contribution in [3.8, 4) is 5.75 Å². The Morgan fingerprint density at radius 1 is 1.10 bits per heavy atom. The van der Waals surface area contributed by atoms with Gasteiger partial charge < -0.3 is 10.1 Å². The van der Waals surface area contributed by atoms with Crippen LogP contribution in [0.4, 0.5) is 5.13 Å². The third kappa shape index (κ3) is 7.06. The van der Waals surface area contributed by atoms with Crippen LogP contribution in [0.1, 0.15) is 53.8 Å². The molecule has 10 heteroatoms. The van der Waals surface area contributed by atoms with E-state index < -0.39 is 0 Å². The fourth-order valence-electron chi connectivity index (χ4n) is 5.39. The molecule has 3 aliphatic rings. The van der Waals surface area contributed by atoms with Crippen molar-refractivity contribution < 1.29 is 14.3 Å². The van der Waals surface area contributed by atoms with Crippen LogP contribution in [0.2, 0.25) is 0 Å². The van der Waals surface area contributed by atoms with Gasteiger partial charge in [0.25, 0.3) is 5.91 Å². The molecule has 212 valence electrons. The molecule has 2 aromatic carbocycles. The fraction of sp³-hybridized carbons (Fsp3) is 0.355. The lowest BCUT2D eigenvalue weighted by atomic mass is 9.98. The Hall–Kier alpha value is -3.05. The number of amides is 2. The third-order valence-corrected chi connectivity index (χ3v) is 9.89. The number of carbonyl (C=O) groups is 2. The molecule has 7 nitrogen and oxygen atoms in total.